The Labute approximate surface area is 266 Å². The largest absolute Gasteiger partial charge is 0.462 e. The molecule has 1 aromatic carbocycles. The van der Waals surface area contributed by atoms with Crippen molar-refractivity contribution in [3.05, 3.63) is 63.5 Å². The Hall–Kier alpha value is -4.34. The number of alkyl halides is 3. The number of morpholine rings is 1. The second kappa shape index (κ2) is 14.4. The van der Waals surface area contributed by atoms with Gasteiger partial charge >= 0.3 is 18.2 Å². The fourth-order valence-corrected chi connectivity index (χ4v) is 5.89. The van der Waals surface area contributed by atoms with E-state index in [4.69, 9.17) is 9.47 Å². The molecule has 0 unspecified atom stereocenters. The van der Waals surface area contributed by atoms with Crippen molar-refractivity contribution in [2.75, 3.05) is 51.3 Å². The number of halogens is 3. The molecule has 0 bridgehead atoms. The van der Waals surface area contributed by atoms with Crippen LogP contribution in [0.15, 0.2) is 46.8 Å². The van der Waals surface area contributed by atoms with E-state index in [1.54, 1.807) is 25.1 Å². The van der Waals surface area contributed by atoms with Crippen molar-refractivity contribution in [1.82, 2.24) is 24.8 Å². The third-order valence-corrected chi connectivity index (χ3v) is 8.23. The number of esters is 1. The van der Waals surface area contributed by atoms with Crippen molar-refractivity contribution in [2.24, 2.45) is 0 Å². The highest BCUT2D eigenvalue weighted by atomic mass is 32.1. The molecule has 0 atom stereocenters. The summed E-state index contributed by atoms with van der Waals surface area (Å²) in [6.45, 7) is 7.97. The van der Waals surface area contributed by atoms with Crippen LogP contribution in [0.3, 0.4) is 0 Å². The maximum absolute atomic E-state index is 13.7. The van der Waals surface area contributed by atoms with Crippen molar-refractivity contribution in [2.45, 2.75) is 33.0 Å². The molecule has 1 saturated heterocycles. The van der Waals surface area contributed by atoms with Gasteiger partial charge in [0.25, 0.3) is 0 Å². The fourth-order valence-electron chi connectivity index (χ4n) is 5.04. The smallest absolute Gasteiger partial charge is 0.434 e. The number of carbonyl (C=O) groups is 2. The van der Waals surface area contributed by atoms with Gasteiger partial charge in [0.1, 0.15) is 16.4 Å². The Morgan fingerprint density at radius 3 is 2.59 bits per heavy atom. The number of nitrogens with zero attached hydrogens (tertiary/aromatic N) is 4. The van der Waals surface area contributed by atoms with E-state index in [0.29, 0.717) is 55.9 Å². The summed E-state index contributed by atoms with van der Waals surface area (Å²) in [7, 11) is 0. The lowest BCUT2D eigenvalue weighted by molar-refractivity contribution is -0.140. The topological polar surface area (TPSA) is 128 Å². The molecule has 244 valence electrons. The lowest BCUT2D eigenvalue weighted by Gasteiger charge is -2.27. The molecule has 15 heteroatoms. The average Bonchev–Trinajstić information content (AvgIpc) is 3.55. The van der Waals surface area contributed by atoms with Gasteiger partial charge in [-0.2, -0.15) is 13.2 Å². The molecule has 4 heterocycles. The molecule has 5 rings (SSSR count). The van der Waals surface area contributed by atoms with Gasteiger partial charge in [0.15, 0.2) is 5.69 Å². The van der Waals surface area contributed by atoms with Crippen LogP contribution in [0.1, 0.15) is 36.3 Å². The molecule has 1 aliphatic heterocycles. The monoisotopic (exact) mass is 658 g/mol. The zero-order chi connectivity index (χ0) is 32.8. The van der Waals surface area contributed by atoms with Gasteiger partial charge in [0, 0.05) is 67.0 Å². The molecule has 1 aliphatic rings. The third-order valence-electron chi connectivity index (χ3n) is 7.35. The number of carbonyl (C=O) groups excluding carboxylic acids is 2. The van der Waals surface area contributed by atoms with E-state index in [0.717, 1.165) is 29.8 Å². The van der Waals surface area contributed by atoms with Crippen LogP contribution in [-0.4, -0.2) is 77.4 Å². The minimum atomic E-state index is -4.65. The fraction of sp³-hybridized carbons (Fsp3) is 0.387. The molecule has 2 N–H and O–H groups in total. The number of urea groups is 1. The number of nitrogens with one attached hydrogen (secondary N) is 2. The summed E-state index contributed by atoms with van der Waals surface area (Å²) < 4.78 is 52.9. The van der Waals surface area contributed by atoms with Crippen LogP contribution in [-0.2, 0) is 22.2 Å². The van der Waals surface area contributed by atoms with Gasteiger partial charge in [-0.05, 0) is 37.1 Å². The number of hydrogen-bond donors (Lipinski definition) is 2. The van der Waals surface area contributed by atoms with Crippen molar-refractivity contribution in [1.29, 1.82) is 0 Å². The molecule has 0 radical (unpaired) electrons. The molecule has 11 nitrogen and oxygen atoms in total. The zero-order valence-electron chi connectivity index (χ0n) is 25.3. The first-order valence-corrected chi connectivity index (χ1v) is 15.7. The quantitative estimate of drug-likeness (QED) is 0.222. The normalized spacial score (nSPS) is 13.9. The second-order valence-corrected chi connectivity index (χ2v) is 11.4. The summed E-state index contributed by atoms with van der Waals surface area (Å²) >= 11 is 0.793. The van der Waals surface area contributed by atoms with Crippen LogP contribution in [0.2, 0.25) is 0 Å². The standard InChI is InChI=1S/C31H33F3N6O5S/c1-3-7-35-30(43)38-26-15-20(28-37-25(18-46-28)31(32,33)34)22(16-36-26)19-5-6-24-21(14-19)27(41)23(29(42)45-4-2)17-40(24)9-8-39-10-12-44-13-11-39/h5-6,14-18H,3-4,7-13H2,1-2H3,(H2,35,36,38,43). The maximum atomic E-state index is 13.7. The molecule has 4 aromatic rings. The highest BCUT2D eigenvalue weighted by Crippen LogP contribution is 2.39. The van der Waals surface area contributed by atoms with Crippen LogP contribution < -0.4 is 16.1 Å². The minimum Gasteiger partial charge on any atom is -0.462 e. The second-order valence-electron chi connectivity index (χ2n) is 10.5. The van der Waals surface area contributed by atoms with Crippen LogP contribution in [0.5, 0.6) is 0 Å². The Morgan fingerprint density at radius 1 is 1.11 bits per heavy atom. The predicted octanol–water partition coefficient (Wildman–Crippen LogP) is 5.25. The van der Waals surface area contributed by atoms with Crippen molar-refractivity contribution in [3.8, 4) is 21.7 Å². The number of benzene rings is 1. The molecular formula is C31H33F3N6O5S. The van der Waals surface area contributed by atoms with E-state index in [2.05, 4.69) is 25.5 Å². The maximum Gasteiger partial charge on any atom is 0.434 e. The Morgan fingerprint density at radius 2 is 1.89 bits per heavy atom. The van der Waals surface area contributed by atoms with E-state index in [1.165, 1.54) is 18.5 Å². The lowest BCUT2D eigenvalue weighted by atomic mass is 9.99. The highest BCUT2D eigenvalue weighted by Gasteiger charge is 2.34. The number of thiazole rings is 1. The molecule has 1 fully saturated rings. The molecular weight excluding hydrogens is 625 g/mol. The van der Waals surface area contributed by atoms with Gasteiger partial charge in [0.2, 0.25) is 5.43 Å². The van der Waals surface area contributed by atoms with E-state index in [9.17, 15) is 27.6 Å². The number of hydrogen-bond acceptors (Lipinski definition) is 9. The minimum absolute atomic E-state index is 0.0463. The number of fused-ring (bicyclic) bond motifs is 1. The SMILES string of the molecule is CCCNC(=O)Nc1cc(-c2nc(C(F)(F)F)cs2)c(-c2ccc3c(c2)c(=O)c(C(=O)OCC)cn3CCN2CCOCC2)cn1. The van der Waals surface area contributed by atoms with Crippen LogP contribution in [0, 0.1) is 0 Å². The molecule has 0 saturated carbocycles. The van der Waals surface area contributed by atoms with Gasteiger partial charge in [-0.25, -0.2) is 19.6 Å². The van der Waals surface area contributed by atoms with Crippen LogP contribution in [0.25, 0.3) is 32.6 Å². The molecule has 0 aliphatic carbocycles. The Kier molecular flexibility index (Phi) is 10.3. The van der Waals surface area contributed by atoms with E-state index in [-0.39, 0.29) is 33.9 Å². The number of rotatable bonds is 10. The summed E-state index contributed by atoms with van der Waals surface area (Å²) in [5.74, 6) is -0.645. The average molecular weight is 659 g/mol. The van der Waals surface area contributed by atoms with Crippen molar-refractivity contribution < 1.29 is 32.2 Å². The van der Waals surface area contributed by atoms with Gasteiger partial charge in [-0.3, -0.25) is 15.0 Å². The highest BCUT2D eigenvalue weighted by molar-refractivity contribution is 7.13. The summed E-state index contributed by atoms with van der Waals surface area (Å²) in [5.41, 5.74) is -0.0277. The van der Waals surface area contributed by atoms with Crippen molar-refractivity contribution >= 4 is 40.1 Å². The molecule has 0 spiro atoms. The van der Waals surface area contributed by atoms with Gasteiger partial charge in [0.05, 0.1) is 25.3 Å². The summed E-state index contributed by atoms with van der Waals surface area (Å²) in [6.07, 6.45) is -1.03. The molecule has 46 heavy (non-hydrogen) atoms. The first kappa shape index (κ1) is 33.0. The van der Waals surface area contributed by atoms with Crippen LogP contribution >= 0.6 is 11.3 Å². The third kappa shape index (κ3) is 7.54. The number of aromatic nitrogens is 3. The van der Waals surface area contributed by atoms with Crippen molar-refractivity contribution in [3.63, 3.8) is 0 Å². The number of pyridine rings is 2. The van der Waals surface area contributed by atoms with Gasteiger partial charge in [-0.15, -0.1) is 11.3 Å². The van der Waals surface area contributed by atoms with Gasteiger partial charge < -0.3 is 19.4 Å². The number of ether oxygens (including phenoxy) is 2. The van der Waals surface area contributed by atoms with Gasteiger partial charge in [-0.1, -0.05) is 13.0 Å². The summed E-state index contributed by atoms with van der Waals surface area (Å²) in [4.78, 5) is 49.2. The van der Waals surface area contributed by atoms with E-state index in [1.807, 2.05) is 11.5 Å². The Balaban J connectivity index is 1.61. The summed E-state index contributed by atoms with van der Waals surface area (Å²) in [6, 6.07) is 5.98. The predicted molar refractivity (Wildman–Crippen MR) is 168 cm³/mol. The Bertz CT molecular complexity index is 1780. The first-order valence-electron chi connectivity index (χ1n) is 14.8. The molecule has 2 amide bonds. The van der Waals surface area contributed by atoms with E-state index >= 15 is 0 Å². The first-order chi connectivity index (χ1) is 22.1. The van der Waals surface area contributed by atoms with Crippen LogP contribution in [0.4, 0.5) is 23.8 Å². The zero-order valence-corrected chi connectivity index (χ0v) is 26.1. The summed E-state index contributed by atoms with van der Waals surface area (Å²) in [5, 5.41) is 6.45. The number of amides is 2. The molecule has 3 aromatic heterocycles. The lowest BCUT2D eigenvalue weighted by Crippen LogP contribution is -2.38. The van der Waals surface area contributed by atoms with E-state index < -0.39 is 29.3 Å². The number of anilines is 1.